The molecule has 3 heteroatoms. The van der Waals surface area contributed by atoms with Crippen LogP contribution in [-0.2, 0) is 4.79 Å². The van der Waals surface area contributed by atoms with Gasteiger partial charge in [-0.3, -0.25) is 4.79 Å². The van der Waals surface area contributed by atoms with Crippen LogP contribution < -0.4 is 10.6 Å². The van der Waals surface area contributed by atoms with Crippen molar-refractivity contribution in [2.45, 2.75) is 32.1 Å². The van der Waals surface area contributed by atoms with Gasteiger partial charge in [-0.1, -0.05) is 42.5 Å². The van der Waals surface area contributed by atoms with Gasteiger partial charge < -0.3 is 10.6 Å². The van der Waals surface area contributed by atoms with Gasteiger partial charge in [0.05, 0.1) is 5.92 Å². The second-order valence-electron chi connectivity index (χ2n) is 6.62. The number of fused-ring (bicyclic) bond motifs is 1. The molecule has 2 N–H and O–H groups in total. The Kier molecular flexibility index (Phi) is 5.29. The second-order valence-corrected chi connectivity index (χ2v) is 6.62. The summed E-state index contributed by atoms with van der Waals surface area (Å²) in [7, 11) is 0. The van der Waals surface area contributed by atoms with Crippen molar-refractivity contribution in [2.24, 2.45) is 5.92 Å². The highest BCUT2D eigenvalue weighted by Gasteiger charge is 2.17. The summed E-state index contributed by atoms with van der Waals surface area (Å²) in [6, 6.07) is 14.6. The molecule has 2 unspecified atom stereocenters. The monoisotopic (exact) mass is 310 g/mol. The molecule has 122 valence electrons. The summed E-state index contributed by atoms with van der Waals surface area (Å²) >= 11 is 0. The van der Waals surface area contributed by atoms with E-state index < -0.39 is 0 Å². The van der Waals surface area contributed by atoms with Gasteiger partial charge in [0.2, 0.25) is 5.91 Å². The molecular formula is C20H26N2O. The summed E-state index contributed by atoms with van der Waals surface area (Å²) in [5.41, 5.74) is 1.08. The van der Waals surface area contributed by atoms with Gasteiger partial charge in [0.25, 0.3) is 0 Å². The maximum atomic E-state index is 12.4. The lowest BCUT2D eigenvalue weighted by atomic mass is 9.95. The fraction of sp³-hybridized carbons (Fsp3) is 0.450. The Bertz CT molecular complexity index is 661. The first-order chi connectivity index (χ1) is 11.2. The summed E-state index contributed by atoms with van der Waals surface area (Å²) in [5, 5.41) is 8.94. The lowest BCUT2D eigenvalue weighted by molar-refractivity contribution is -0.122. The van der Waals surface area contributed by atoms with Crippen molar-refractivity contribution in [3.8, 4) is 0 Å². The second kappa shape index (κ2) is 7.60. The maximum Gasteiger partial charge on any atom is 0.227 e. The van der Waals surface area contributed by atoms with Crippen molar-refractivity contribution >= 4 is 16.7 Å². The lowest BCUT2D eigenvalue weighted by Gasteiger charge is -2.23. The number of hydrogen-bond donors (Lipinski definition) is 2. The van der Waals surface area contributed by atoms with E-state index in [1.54, 1.807) is 0 Å². The molecule has 0 aliphatic carbocycles. The third-order valence-electron chi connectivity index (χ3n) is 4.92. The van der Waals surface area contributed by atoms with E-state index in [1.165, 1.54) is 23.6 Å². The van der Waals surface area contributed by atoms with E-state index in [-0.39, 0.29) is 11.8 Å². The first-order valence-electron chi connectivity index (χ1n) is 8.71. The Balaban J connectivity index is 1.55. The van der Waals surface area contributed by atoms with Gasteiger partial charge in [-0.2, -0.15) is 0 Å². The third-order valence-corrected chi connectivity index (χ3v) is 4.92. The molecule has 0 radical (unpaired) electrons. The number of carbonyl (C=O) groups is 1. The molecule has 1 heterocycles. The Morgan fingerprint density at radius 1 is 1.26 bits per heavy atom. The molecule has 0 spiro atoms. The maximum absolute atomic E-state index is 12.4. The average molecular weight is 310 g/mol. The van der Waals surface area contributed by atoms with Crippen LogP contribution in [0.3, 0.4) is 0 Å². The largest absolute Gasteiger partial charge is 0.356 e. The molecule has 1 saturated heterocycles. The van der Waals surface area contributed by atoms with Gasteiger partial charge in [0.15, 0.2) is 0 Å². The van der Waals surface area contributed by atoms with Crippen LogP contribution in [0.4, 0.5) is 0 Å². The van der Waals surface area contributed by atoms with Crippen molar-refractivity contribution in [1.82, 2.24) is 10.6 Å². The minimum absolute atomic E-state index is 0.107. The normalized spacial score (nSPS) is 19.4. The number of nitrogens with one attached hydrogen (secondary N) is 2. The molecule has 2 atom stereocenters. The van der Waals surface area contributed by atoms with Gasteiger partial charge in [-0.25, -0.2) is 0 Å². The predicted octanol–water partition coefficient (Wildman–Crippen LogP) is 3.45. The van der Waals surface area contributed by atoms with Crippen molar-refractivity contribution in [2.75, 3.05) is 19.6 Å². The minimum atomic E-state index is -0.107. The van der Waals surface area contributed by atoms with Crippen molar-refractivity contribution < 1.29 is 4.79 Å². The van der Waals surface area contributed by atoms with Crippen LogP contribution in [0.25, 0.3) is 10.8 Å². The SMILES string of the molecule is CC(C(=O)NCCC1CCCNC1)c1ccc2ccccc2c1. The van der Waals surface area contributed by atoms with Crippen LogP contribution in [0.5, 0.6) is 0 Å². The number of amides is 1. The summed E-state index contributed by atoms with van der Waals surface area (Å²) < 4.78 is 0. The van der Waals surface area contributed by atoms with Crippen LogP contribution in [0.2, 0.25) is 0 Å². The fourth-order valence-corrected chi connectivity index (χ4v) is 3.35. The molecule has 1 aliphatic rings. The smallest absolute Gasteiger partial charge is 0.227 e. The highest BCUT2D eigenvalue weighted by atomic mass is 16.1. The number of hydrogen-bond acceptors (Lipinski definition) is 2. The summed E-state index contributed by atoms with van der Waals surface area (Å²) in [6.45, 7) is 5.00. The van der Waals surface area contributed by atoms with E-state index in [2.05, 4.69) is 41.0 Å². The van der Waals surface area contributed by atoms with Crippen LogP contribution in [0, 0.1) is 5.92 Å². The van der Waals surface area contributed by atoms with Gasteiger partial charge in [0, 0.05) is 6.54 Å². The van der Waals surface area contributed by atoms with Crippen LogP contribution in [0.15, 0.2) is 42.5 Å². The molecule has 2 aromatic rings. The standard InChI is InChI=1S/C20H26N2O/c1-15(18-9-8-17-6-2-3-7-19(17)13-18)20(23)22-12-10-16-5-4-11-21-14-16/h2-3,6-9,13,15-16,21H,4-5,10-12,14H2,1H3,(H,22,23). The minimum Gasteiger partial charge on any atom is -0.356 e. The van der Waals surface area contributed by atoms with E-state index in [0.717, 1.165) is 31.6 Å². The molecule has 0 saturated carbocycles. The van der Waals surface area contributed by atoms with Crippen LogP contribution in [0.1, 0.15) is 37.7 Å². The molecule has 0 bridgehead atoms. The zero-order valence-electron chi connectivity index (χ0n) is 13.8. The first kappa shape index (κ1) is 16.0. The molecule has 1 amide bonds. The van der Waals surface area contributed by atoms with Gasteiger partial charge >= 0.3 is 0 Å². The van der Waals surface area contributed by atoms with E-state index in [9.17, 15) is 4.79 Å². The number of benzene rings is 2. The molecular weight excluding hydrogens is 284 g/mol. The van der Waals surface area contributed by atoms with Gasteiger partial charge in [0.1, 0.15) is 0 Å². The molecule has 1 fully saturated rings. The predicted molar refractivity (Wildman–Crippen MR) is 95.6 cm³/mol. The molecule has 3 nitrogen and oxygen atoms in total. The summed E-state index contributed by atoms with van der Waals surface area (Å²) in [4.78, 5) is 12.4. The van der Waals surface area contributed by atoms with E-state index in [4.69, 9.17) is 0 Å². The first-order valence-corrected chi connectivity index (χ1v) is 8.71. The number of piperidine rings is 1. The molecule has 2 aromatic carbocycles. The Morgan fingerprint density at radius 3 is 2.87 bits per heavy atom. The molecule has 0 aromatic heterocycles. The highest BCUT2D eigenvalue weighted by Crippen LogP contribution is 2.22. The third kappa shape index (κ3) is 4.11. The Hall–Kier alpha value is -1.87. The number of rotatable bonds is 5. The Morgan fingerprint density at radius 2 is 2.09 bits per heavy atom. The lowest BCUT2D eigenvalue weighted by Crippen LogP contribution is -2.34. The van der Waals surface area contributed by atoms with Crippen LogP contribution in [-0.4, -0.2) is 25.5 Å². The van der Waals surface area contributed by atoms with Crippen LogP contribution >= 0.6 is 0 Å². The Labute approximate surface area is 138 Å². The van der Waals surface area contributed by atoms with Gasteiger partial charge in [-0.15, -0.1) is 0 Å². The van der Waals surface area contributed by atoms with Crippen molar-refractivity contribution in [3.63, 3.8) is 0 Å². The van der Waals surface area contributed by atoms with Crippen molar-refractivity contribution in [1.29, 1.82) is 0 Å². The topological polar surface area (TPSA) is 41.1 Å². The molecule has 1 aliphatic heterocycles. The van der Waals surface area contributed by atoms with E-state index in [1.807, 2.05) is 19.1 Å². The van der Waals surface area contributed by atoms with Crippen molar-refractivity contribution in [3.05, 3.63) is 48.0 Å². The molecule has 23 heavy (non-hydrogen) atoms. The highest BCUT2D eigenvalue weighted by molar-refractivity contribution is 5.87. The average Bonchev–Trinajstić information content (AvgIpc) is 2.61. The van der Waals surface area contributed by atoms with Gasteiger partial charge in [-0.05, 0) is 61.5 Å². The zero-order chi connectivity index (χ0) is 16.1. The fourth-order valence-electron chi connectivity index (χ4n) is 3.35. The summed E-state index contributed by atoms with van der Waals surface area (Å²) in [5.74, 6) is 0.730. The zero-order valence-corrected chi connectivity index (χ0v) is 13.8. The quantitative estimate of drug-likeness (QED) is 0.888. The van der Waals surface area contributed by atoms with E-state index in [0.29, 0.717) is 5.92 Å². The van der Waals surface area contributed by atoms with E-state index >= 15 is 0 Å². The molecule has 3 rings (SSSR count). The summed E-state index contributed by atoms with van der Waals surface area (Å²) in [6.07, 6.45) is 3.61. The number of carbonyl (C=O) groups excluding carboxylic acids is 1.